The molecule has 3 rings (SSSR count). The molecule has 0 bridgehead atoms. The number of carboxylic acids is 1. The summed E-state index contributed by atoms with van der Waals surface area (Å²) in [6, 6.07) is 5.14. The third-order valence-corrected chi connectivity index (χ3v) is 5.18. The summed E-state index contributed by atoms with van der Waals surface area (Å²) >= 11 is 0. The van der Waals surface area contributed by atoms with E-state index in [-0.39, 0.29) is 29.3 Å². The Morgan fingerprint density at radius 1 is 1.08 bits per heavy atom. The Labute approximate surface area is 143 Å². The van der Waals surface area contributed by atoms with E-state index >= 15 is 0 Å². The highest BCUT2D eigenvalue weighted by Gasteiger charge is 2.45. The molecule has 0 saturated heterocycles. The van der Waals surface area contributed by atoms with Crippen molar-refractivity contribution in [2.75, 3.05) is 0 Å². The Morgan fingerprint density at radius 2 is 1.76 bits per heavy atom. The monoisotopic (exact) mass is 355 g/mol. The number of benzene rings is 1. The lowest BCUT2D eigenvalue weighted by Gasteiger charge is -2.25. The van der Waals surface area contributed by atoms with Crippen molar-refractivity contribution in [3.8, 4) is 0 Å². The topological polar surface area (TPSA) is 66.4 Å². The number of carbonyl (C=O) groups excluding carboxylic acids is 1. The van der Waals surface area contributed by atoms with Gasteiger partial charge in [0.25, 0.3) is 0 Å². The number of hydrogen-bond donors (Lipinski definition) is 2. The van der Waals surface area contributed by atoms with E-state index in [4.69, 9.17) is 5.11 Å². The molecule has 1 aromatic carbocycles. The van der Waals surface area contributed by atoms with Crippen molar-refractivity contribution in [3.63, 3.8) is 0 Å². The highest BCUT2D eigenvalue weighted by Crippen LogP contribution is 2.46. The van der Waals surface area contributed by atoms with Gasteiger partial charge in [-0.1, -0.05) is 24.6 Å². The molecule has 25 heavy (non-hydrogen) atoms. The zero-order valence-electron chi connectivity index (χ0n) is 13.6. The number of nitrogens with one attached hydrogen (secondary N) is 1. The lowest BCUT2D eigenvalue weighted by Crippen LogP contribution is -2.37. The van der Waals surface area contributed by atoms with Crippen LogP contribution >= 0.6 is 0 Å². The van der Waals surface area contributed by atoms with E-state index < -0.39 is 23.6 Å². The number of halogens is 3. The van der Waals surface area contributed by atoms with Crippen LogP contribution in [-0.2, 0) is 15.8 Å². The van der Waals surface area contributed by atoms with E-state index in [1.165, 1.54) is 12.1 Å². The van der Waals surface area contributed by atoms with E-state index in [0.717, 1.165) is 6.07 Å². The maximum atomic E-state index is 13.1. The average molecular weight is 355 g/mol. The molecule has 4 nitrogen and oxygen atoms in total. The molecule has 0 heterocycles. The SMILES string of the molecule is O=C(O)C1CCCC(C(=O)NC2CC2c2ccccc2C(F)(F)F)C1. The molecule has 2 aliphatic rings. The zero-order valence-corrected chi connectivity index (χ0v) is 13.6. The van der Waals surface area contributed by atoms with Gasteiger partial charge in [0, 0.05) is 17.9 Å². The Kier molecular flexibility index (Phi) is 4.75. The minimum atomic E-state index is -4.41. The Balaban J connectivity index is 1.62. The number of hydrogen-bond acceptors (Lipinski definition) is 2. The normalized spacial score (nSPS) is 29.1. The van der Waals surface area contributed by atoms with Crippen LogP contribution in [0.2, 0.25) is 0 Å². The van der Waals surface area contributed by atoms with Gasteiger partial charge in [0.2, 0.25) is 5.91 Å². The largest absolute Gasteiger partial charge is 0.481 e. The highest BCUT2D eigenvalue weighted by atomic mass is 19.4. The smallest absolute Gasteiger partial charge is 0.416 e. The quantitative estimate of drug-likeness (QED) is 0.868. The second-order valence-electron chi connectivity index (χ2n) is 6.94. The summed E-state index contributed by atoms with van der Waals surface area (Å²) in [6.07, 6.45) is -1.74. The maximum Gasteiger partial charge on any atom is 0.416 e. The number of amides is 1. The second kappa shape index (κ2) is 6.69. The Hall–Kier alpha value is -2.05. The summed E-state index contributed by atoms with van der Waals surface area (Å²) in [5.74, 6) is -2.33. The zero-order chi connectivity index (χ0) is 18.2. The van der Waals surface area contributed by atoms with Gasteiger partial charge in [-0.2, -0.15) is 13.2 Å². The standard InChI is InChI=1S/C18H20F3NO3/c19-18(20,21)14-7-2-1-6-12(14)13-9-15(13)22-16(23)10-4-3-5-11(8-10)17(24)25/h1-2,6-7,10-11,13,15H,3-5,8-9H2,(H,22,23)(H,24,25). The van der Waals surface area contributed by atoms with Crippen LogP contribution in [0, 0.1) is 11.8 Å². The van der Waals surface area contributed by atoms with Gasteiger partial charge in [0.15, 0.2) is 0 Å². The molecule has 1 aromatic rings. The van der Waals surface area contributed by atoms with Crippen LogP contribution in [0.25, 0.3) is 0 Å². The summed E-state index contributed by atoms with van der Waals surface area (Å²) < 4.78 is 39.3. The van der Waals surface area contributed by atoms with E-state index in [0.29, 0.717) is 32.1 Å². The molecule has 136 valence electrons. The number of carbonyl (C=O) groups is 2. The predicted octanol–water partition coefficient (Wildman–Crippen LogP) is 3.57. The van der Waals surface area contributed by atoms with Crippen LogP contribution < -0.4 is 5.32 Å². The summed E-state index contributed by atoms with van der Waals surface area (Å²) in [4.78, 5) is 23.4. The molecular weight excluding hydrogens is 335 g/mol. The molecule has 0 aromatic heterocycles. The summed E-state index contributed by atoms with van der Waals surface area (Å²) in [5, 5.41) is 11.9. The lowest BCUT2D eigenvalue weighted by molar-refractivity contribution is -0.144. The fraction of sp³-hybridized carbons (Fsp3) is 0.556. The van der Waals surface area contributed by atoms with Gasteiger partial charge in [0.05, 0.1) is 11.5 Å². The lowest BCUT2D eigenvalue weighted by atomic mass is 9.81. The highest BCUT2D eigenvalue weighted by molar-refractivity contribution is 5.81. The molecule has 0 radical (unpaired) electrons. The van der Waals surface area contributed by atoms with Crippen molar-refractivity contribution < 1.29 is 27.9 Å². The molecule has 1 amide bonds. The van der Waals surface area contributed by atoms with Gasteiger partial charge in [-0.25, -0.2) is 0 Å². The van der Waals surface area contributed by atoms with Crippen molar-refractivity contribution in [2.24, 2.45) is 11.8 Å². The summed E-state index contributed by atoms with van der Waals surface area (Å²) in [6.45, 7) is 0. The fourth-order valence-corrected chi connectivity index (χ4v) is 3.73. The third kappa shape index (κ3) is 3.96. The third-order valence-electron chi connectivity index (χ3n) is 5.18. The van der Waals surface area contributed by atoms with Gasteiger partial charge >= 0.3 is 12.1 Å². The molecule has 2 saturated carbocycles. The van der Waals surface area contributed by atoms with Crippen LogP contribution in [0.1, 0.15) is 49.1 Å². The number of rotatable bonds is 4. The van der Waals surface area contributed by atoms with Crippen molar-refractivity contribution in [2.45, 2.75) is 50.2 Å². The predicted molar refractivity (Wildman–Crippen MR) is 83.8 cm³/mol. The molecule has 7 heteroatoms. The van der Waals surface area contributed by atoms with E-state index in [2.05, 4.69) is 5.32 Å². The number of carboxylic acid groups (broad SMARTS) is 1. The minimum absolute atomic E-state index is 0.215. The first-order chi connectivity index (χ1) is 11.8. The minimum Gasteiger partial charge on any atom is -0.481 e. The van der Waals surface area contributed by atoms with E-state index in [9.17, 15) is 22.8 Å². The summed E-state index contributed by atoms with van der Waals surface area (Å²) in [7, 11) is 0. The first-order valence-corrected chi connectivity index (χ1v) is 8.46. The van der Waals surface area contributed by atoms with Crippen molar-refractivity contribution in [1.82, 2.24) is 5.32 Å². The van der Waals surface area contributed by atoms with E-state index in [1.54, 1.807) is 6.07 Å². The van der Waals surface area contributed by atoms with Crippen molar-refractivity contribution in [3.05, 3.63) is 35.4 Å². The molecular formula is C18H20F3NO3. The van der Waals surface area contributed by atoms with Gasteiger partial charge < -0.3 is 10.4 Å². The van der Waals surface area contributed by atoms with Gasteiger partial charge in [-0.3, -0.25) is 9.59 Å². The van der Waals surface area contributed by atoms with Gasteiger partial charge in [-0.15, -0.1) is 0 Å². The van der Waals surface area contributed by atoms with Crippen LogP contribution in [0.15, 0.2) is 24.3 Å². The van der Waals surface area contributed by atoms with Crippen LogP contribution in [-0.4, -0.2) is 23.0 Å². The molecule has 4 atom stereocenters. The van der Waals surface area contributed by atoms with E-state index in [1.807, 2.05) is 0 Å². The molecule has 4 unspecified atom stereocenters. The number of alkyl halides is 3. The van der Waals surface area contributed by atoms with Gasteiger partial charge in [-0.05, 0) is 37.3 Å². The van der Waals surface area contributed by atoms with Gasteiger partial charge in [0.1, 0.15) is 0 Å². The average Bonchev–Trinajstić information content (AvgIpc) is 3.33. The van der Waals surface area contributed by atoms with Crippen LogP contribution in [0.3, 0.4) is 0 Å². The molecule has 2 aliphatic carbocycles. The first kappa shape index (κ1) is 17.8. The molecule has 0 spiro atoms. The fourth-order valence-electron chi connectivity index (χ4n) is 3.73. The maximum absolute atomic E-state index is 13.1. The van der Waals surface area contributed by atoms with Crippen LogP contribution in [0.4, 0.5) is 13.2 Å². The molecule has 2 N–H and O–H groups in total. The number of aliphatic carboxylic acids is 1. The van der Waals surface area contributed by atoms with Crippen LogP contribution in [0.5, 0.6) is 0 Å². The second-order valence-corrected chi connectivity index (χ2v) is 6.94. The Bertz CT molecular complexity index is 674. The first-order valence-electron chi connectivity index (χ1n) is 8.46. The van der Waals surface area contributed by atoms with Crippen molar-refractivity contribution >= 4 is 11.9 Å². The molecule has 2 fully saturated rings. The molecule has 0 aliphatic heterocycles. The Morgan fingerprint density at radius 3 is 2.44 bits per heavy atom. The summed E-state index contributed by atoms with van der Waals surface area (Å²) in [5.41, 5.74) is -0.437. The van der Waals surface area contributed by atoms with Crippen molar-refractivity contribution in [1.29, 1.82) is 0 Å².